The monoisotopic (exact) mass is 370 g/mol. The fourth-order valence-corrected chi connectivity index (χ4v) is 2.21. The van der Waals surface area contributed by atoms with Crippen molar-refractivity contribution >= 4 is 22.3 Å². The summed E-state index contributed by atoms with van der Waals surface area (Å²) in [5, 5.41) is 15.4. The third-order valence-corrected chi connectivity index (χ3v) is 3.50. The fraction of sp³-hybridized carbons (Fsp3) is 0.867. The lowest BCUT2D eigenvalue weighted by Gasteiger charge is -2.02. The molecule has 0 fully saturated rings. The van der Waals surface area contributed by atoms with Gasteiger partial charge in [0.1, 0.15) is 6.42 Å². The standard InChI is InChI=1S/C12H26O4S.C3H4O4/c1-2-3-4-5-6-7-8-9-10-11-12-16-17(13,14)15;4-2(5)1-3(6)7/h2-12H2,1H3,(H,13,14,15);1H2,(H,4,5)(H,6,7). The van der Waals surface area contributed by atoms with Crippen LogP contribution in [-0.4, -0.2) is 41.7 Å². The first-order chi connectivity index (χ1) is 11.2. The Bertz CT molecular complexity index is 407. The third kappa shape index (κ3) is 28.9. The highest BCUT2D eigenvalue weighted by atomic mass is 32.3. The second-order valence-corrected chi connectivity index (χ2v) is 6.49. The molecule has 9 heteroatoms. The van der Waals surface area contributed by atoms with Gasteiger partial charge >= 0.3 is 22.3 Å². The van der Waals surface area contributed by atoms with Crippen molar-refractivity contribution in [1.82, 2.24) is 0 Å². The first-order valence-electron chi connectivity index (χ1n) is 8.24. The van der Waals surface area contributed by atoms with Crippen molar-refractivity contribution in [3.63, 3.8) is 0 Å². The smallest absolute Gasteiger partial charge is 0.397 e. The van der Waals surface area contributed by atoms with Crippen LogP contribution in [0.2, 0.25) is 0 Å². The van der Waals surface area contributed by atoms with Gasteiger partial charge in [-0.05, 0) is 6.42 Å². The van der Waals surface area contributed by atoms with E-state index in [2.05, 4.69) is 11.1 Å². The number of carbonyl (C=O) groups is 2. The van der Waals surface area contributed by atoms with Crippen LogP contribution in [0.15, 0.2) is 0 Å². The summed E-state index contributed by atoms with van der Waals surface area (Å²) >= 11 is 0. The summed E-state index contributed by atoms with van der Waals surface area (Å²) in [6.45, 7) is 2.31. The minimum Gasteiger partial charge on any atom is -0.481 e. The van der Waals surface area contributed by atoms with Gasteiger partial charge in [-0.15, -0.1) is 0 Å². The Balaban J connectivity index is 0. The van der Waals surface area contributed by atoms with Gasteiger partial charge in [-0.1, -0.05) is 64.7 Å². The number of unbranched alkanes of at least 4 members (excludes halogenated alkanes) is 9. The third-order valence-electron chi connectivity index (χ3n) is 3.03. The van der Waals surface area contributed by atoms with Crippen molar-refractivity contribution in [1.29, 1.82) is 0 Å². The van der Waals surface area contributed by atoms with Gasteiger partial charge in [-0.25, -0.2) is 4.18 Å². The van der Waals surface area contributed by atoms with Crippen molar-refractivity contribution in [2.75, 3.05) is 6.61 Å². The summed E-state index contributed by atoms with van der Waals surface area (Å²) in [4.78, 5) is 18.9. The Labute approximate surface area is 144 Å². The van der Waals surface area contributed by atoms with Crippen LogP contribution in [0.4, 0.5) is 0 Å². The maximum absolute atomic E-state index is 10.2. The van der Waals surface area contributed by atoms with Gasteiger partial charge < -0.3 is 10.2 Å². The summed E-state index contributed by atoms with van der Waals surface area (Å²) < 4.78 is 33.0. The minimum atomic E-state index is -4.23. The molecule has 3 N–H and O–H groups in total. The van der Waals surface area contributed by atoms with Crippen molar-refractivity contribution in [3.8, 4) is 0 Å². The Kier molecular flexibility index (Phi) is 17.4. The molecule has 0 aliphatic carbocycles. The van der Waals surface area contributed by atoms with Gasteiger partial charge in [0, 0.05) is 0 Å². The summed E-state index contributed by atoms with van der Waals surface area (Å²) in [6, 6.07) is 0. The van der Waals surface area contributed by atoms with E-state index in [9.17, 15) is 18.0 Å². The molecule has 0 heterocycles. The maximum Gasteiger partial charge on any atom is 0.397 e. The van der Waals surface area contributed by atoms with Crippen LogP contribution >= 0.6 is 0 Å². The molecule has 0 unspecified atom stereocenters. The molecule has 0 rings (SSSR count). The number of aliphatic carboxylic acids is 2. The van der Waals surface area contributed by atoms with Crippen LogP contribution in [0.3, 0.4) is 0 Å². The first kappa shape index (κ1) is 25.1. The topological polar surface area (TPSA) is 138 Å². The molecule has 0 aliphatic rings. The quantitative estimate of drug-likeness (QED) is 0.240. The molecule has 0 radical (unpaired) electrons. The highest BCUT2D eigenvalue weighted by Crippen LogP contribution is 2.10. The van der Waals surface area contributed by atoms with E-state index in [0.29, 0.717) is 6.42 Å². The summed E-state index contributed by atoms with van der Waals surface area (Å²) in [5.74, 6) is -2.62. The van der Waals surface area contributed by atoms with E-state index in [4.69, 9.17) is 14.8 Å². The first-order valence-corrected chi connectivity index (χ1v) is 9.61. The van der Waals surface area contributed by atoms with Gasteiger partial charge in [-0.3, -0.25) is 14.1 Å². The second-order valence-electron chi connectivity index (χ2n) is 5.40. The Morgan fingerprint density at radius 3 is 1.46 bits per heavy atom. The van der Waals surface area contributed by atoms with Gasteiger partial charge in [0.25, 0.3) is 0 Å². The molecule has 0 amide bonds. The molecule has 0 aromatic rings. The molecular formula is C15H30O8S. The molecule has 0 saturated heterocycles. The largest absolute Gasteiger partial charge is 0.481 e. The molecule has 0 aliphatic heterocycles. The SMILES string of the molecule is CCCCCCCCCCCCOS(=O)(=O)O.O=C(O)CC(=O)O. The molecule has 0 saturated carbocycles. The highest BCUT2D eigenvalue weighted by molar-refractivity contribution is 7.80. The molecule has 0 spiro atoms. The molecular weight excluding hydrogens is 340 g/mol. The molecule has 144 valence electrons. The molecule has 24 heavy (non-hydrogen) atoms. The van der Waals surface area contributed by atoms with Crippen LogP contribution in [0.1, 0.15) is 77.6 Å². The van der Waals surface area contributed by atoms with E-state index in [1.165, 1.54) is 44.9 Å². The van der Waals surface area contributed by atoms with Crippen LogP contribution < -0.4 is 0 Å². The average Bonchev–Trinajstić information content (AvgIpc) is 2.43. The molecule has 0 aromatic heterocycles. The van der Waals surface area contributed by atoms with E-state index in [1.54, 1.807) is 0 Å². The number of carboxylic acid groups (broad SMARTS) is 2. The van der Waals surface area contributed by atoms with E-state index in [0.717, 1.165) is 12.8 Å². The van der Waals surface area contributed by atoms with Gasteiger partial charge in [0.2, 0.25) is 0 Å². The van der Waals surface area contributed by atoms with Gasteiger partial charge in [-0.2, -0.15) is 8.42 Å². The number of rotatable bonds is 14. The van der Waals surface area contributed by atoms with E-state index < -0.39 is 28.8 Å². The molecule has 0 atom stereocenters. The Hall–Kier alpha value is -1.19. The zero-order valence-corrected chi connectivity index (χ0v) is 15.1. The second kappa shape index (κ2) is 16.7. The Morgan fingerprint density at radius 1 is 0.792 bits per heavy atom. The zero-order chi connectivity index (χ0) is 18.8. The molecule has 8 nitrogen and oxygen atoms in total. The van der Waals surface area contributed by atoms with E-state index >= 15 is 0 Å². The van der Waals surface area contributed by atoms with Crippen molar-refractivity contribution in [3.05, 3.63) is 0 Å². The van der Waals surface area contributed by atoms with Crippen LogP contribution in [0, 0.1) is 0 Å². The van der Waals surface area contributed by atoms with Gasteiger partial charge in [0.05, 0.1) is 6.61 Å². The Morgan fingerprint density at radius 2 is 1.17 bits per heavy atom. The van der Waals surface area contributed by atoms with Crippen LogP contribution in [-0.2, 0) is 24.2 Å². The molecule has 0 aromatic carbocycles. The van der Waals surface area contributed by atoms with Crippen molar-refractivity contribution < 1.29 is 37.0 Å². The summed E-state index contributed by atoms with van der Waals surface area (Å²) in [7, 11) is -4.23. The lowest BCUT2D eigenvalue weighted by atomic mass is 10.1. The average molecular weight is 370 g/mol. The zero-order valence-electron chi connectivity index (χ0n) is 14.3. The normalized spacial score (nSPS) is 10.8. The minimum absolute atomic E-state index is 0.0926. The highest BCUT2D eigenvalue weighted by Gasteiger charge is 2.02. The lowest BCUT2D eigenvalue weighted by molar-refractivity contribution is -0.147. The van der Waals surface area contributed by atoms with E-state index in [1.807, 2.05) is 0 Å². The predicted octanol–water partition coefficient (Wildman–Crippen LogP) is 3.27. The number of hydrogen-bond donors (Lipinski definition) is 3. The predicted molar refractivity (Wildman–Crippen MR) is 89.2 cm³/mol. The molecule has 0 bridgehead atoms. The number of carboxylic acids is 2. The van der Waals surface area contributed by atoms with Crippen molar-refractivity contribution in [2.24, 2.45) is 0 Å². The number of hydrogen-bond acceptors (Lipinski definition) is 5. The fourth-order valence-electron chi connectivity index (χ4n) is 1.88. The van der Waals surface area contributed by atoms with Crippen LogP contribution in [0.5, 0.6) is 0 Å². The van der Waals surface area contributed by atoms with Crippen molar-refractivity contribution in [2.45, 2.75) is 77.6 Å². The summed E-state index contributed by atoms with van der Waals surface area (Å²) in [5.41, 5.74) is 0. The summed E-state index contributed by atoms with van der Waals surface area (Å²) in [6.07, 6.45) is 11.0. The maximum atomic E-state index is 10.2. The van der Waals surface area contributed by atoms with E-state index in [-0.39, 0.29) is 6.61 Å². The van der Waals surface area contributed by atoms with Gasteiger partial charge in [0.15, 0.2) is 0 Å². The lowest BCUT2D eigenvalue weighted by Crippen LogP contribution is -2.04. The van der Waals surface area contributed by atoms with Crippen LogP contribution in [0.25, 0.3) is 0 Å².